The van der Waals surface area contributed by atoms with Crippen LogP contribution in [0.25, 0.3) is 0 Å². The number of rotatable bonds is 0. The van der Waals surface area contributed by atoms with Gasteiger partial charge in [0, 0.05) is 16.8 Å². The van der Waals surface area contributed by atoms with E-state index in [9.17, 15) is 0 Å². The van der Waals surface area contributed by atoms with Gasteiger partial charge in [0.05, 0.1) is 0 Å². The number of hydrogen-bond donors (Lipinski definition) is 3. The van der Waals surface area contributed by atoms with E-state index in [1.54, 1.807) is 12.3 Å². The summed E-state index contributed by atoms with van der Waals surface area (Å²) < 4.78 is 0.630. The van der Waals surface area contributed by atoms with Gasteiger partial charge >= 0.3 is 0 Å². The summed E-state index contributed by atoms with van der Waals surface area (Å²) in [5.74, 6) is 0. The van der Waals surface area contributed by atoms with E-state index in [1.807, 2.05) is 0 Å². The van der Waals surface area contributed by atoms with Gasteiger partial charge in [0.1, 0.15) is 4.64 Å². The summed E-state index contributed by atoms with van der Waals surface area (Å²) >= 11 is 8.83. The lowest BCUT2D eigenvalue weighted by molar-refractivity contribution is 1.23. The van der Waals surface area contributed by atoms with Gasteiger partial charge in [0.15, 0.2) is 0 Å². The molecule has 0 aliphatic rings. The van der Waals surface area contributed by atoms with E-state index in [0.29, 0.717) is 10.3 Å². The molecule has 0 saturated heterocycles. The molecule has 0 aliphatic heterocycles. The van der Waals surface area contributed by atoms with Crippen LogP contribution in [0.3, 0.4) is 0 Å². The van der Waals surface area contributed by atoms with E-state index in [1.165, 1.54) is 0 Å². The van der Waals surface area contributed by atoms with E-state index >= 15 is 0 Å². The average Bonchev–Trinajstić information content (AvgIpc) is 1.80. The number of nitrogens with two attached hydrogens (primary N) is 1. The standard InChI is InChI=1S/C5H6N2S2/c6-3-1-5(9)7-2-4(3)8/h1-2,8H,(H3,6,7,9). The first-order valence-electron chi connectivity index (χ1n) is 2.37. The second kappa shape index (κ2) is 2.41. The Bertz CT molecular complexity index is 266. The van der Waals surface area contributed by atoms with Gasteiger partial charge in [-0.1, -0.05) is 12.2 Å². The third-order valence-electron chi connectivity index (χ3n) is 0.934. The highest BCUT2D eigenvalue weighted by molar-refractivity contribution is 7.80. The van der Waals surface area contributed by atoms with Gasteiger partial charge in [-0.25, -0.2) is 0 Å². The van der Waals surface area contributed by atoms with Crippen LogP contribution >= 0.6 is 24.8 Å². The zero-order chi connectivity index (χ0) is 6.85. The molecule has 1 aromatic heterocycles. The van der Waals surface area contributed by atoms with Crippen LogP contribution in [-0.2, 0) is 0 Å². The van der Waals surface area contributed by atoms with Gasteiger partial charge in [-0.05, 0) is 6.07 Å². The van der Waals surface area contributed by atoms with Crippen molar-refractivity contribution in [2.45, 2.75) is 4.90 Å². The molecule has 2 nitrogen and oxygen atoms in total. The lowest BCUT2D eigenvalue weighted by Gasteiger charge is -1.94. The molecule has 0 amide bonds. The normalized spacial score (nSPS) is 9.44. The maximum atomic E-state index is 5.46. The van der Waals surface area contributed by atoms with E-state index in [0.717, 1.165) is 4.90 Å². The molecule has 9 heavy (non-hydrogen) atoms. The second-order valence-electron chi connectivity index (χ2n) is 1.64. The molecule has 1 heterocycles. The van der Waals surface area contributed by atoms with Crippen molar-refractivity contribution >= 4 is 30.5 Å². The van der Waals surface area contributed by atoms with Crippen molar-refractivity contribution in [2.75, 3.05) is 5.73 Å². The monoisotopic (exact) mass is 158 g/mol. The lowest BCUT2D eigenvalue weighted by Crippen LogP contribution is -1.87. The van der Waals surface area contributed by atoms with Crippen LogP contribution in [0.1, 0.15) is 0 Å². The molecule has 0 unspecified atom stereocenters. The Hall–Kier alpha value is -0.480. The SMILES string of the molecule is Nc1cc(=S)[nH]cc1S. The summed E-state index contributed by atoms with van der Waals surface area (Å²) in [6, 6.07) is 1.66. The molecule has 48 valence electrons. The molecule has 0 aliphatic carbocycles. The first kappa shape index (κ1) is 6.64. The van der Waals surface area contributed by atoms with Crippen LogP contribution in [0.2, 0.25) is 0 Å². The Labute approximate surface area is 63.5 Å². The van der Waals surface area contributed by atoms with E-state index in [4.69, 9.17) is 18.0 Å². The summed E-state index contributed by atoms with van der Waals surface area (Å²) in [4.78, 5) is 3.52. The van der Waals surface area contributed by atoms with Gasteiger partial charge in [-0.3, -0.25) is 0 Å². The predicted octanol–water partition coefficient (Wildman–Crippen LogP) is 1.62. The zero-order valence-electron chi connectivity index (χ0n) is 4.59. The number of H-pyrrole nitrogens is 1. The topological polar surface area (TPSA) is 41.8 Å². The number of nitrogen functional groups attached to an aromatic ring is 1. The fourth-order valence-corrected chi connectivity index (χ4v) is 0.795. The van der Waals surface area contributed by atoms with Gasteiger partial charge in [-0.15, -0.1) is 12.6 Å². The highest BCUT2D eigenvalue weighted by Crippen LogP contribution is 2.12. The Kier molecular flexibility index (Phi) is 1.78. The number of thiol groups is 1. The molecule has 0 radical (unpaired) electrons. The maximum absolute atomic E-state index is 5.46. The molecule has 0 saturated carbocycles. The fourth-order valence-electron chi connectivity index (χ4n) is 0.480. The predicted molar refractivity (Wildman–Crippen MR) is 43.3 cm³/mol. The molecule has 0 bridgehead atoms. The van der Waals surface area contributed by atoms with E-state index < -0.39 is 0 Å². The summed E-state index contributed by atoms with van der Waals surface area (Å²) in [6.45, 7) is 0. The van der Waals surface area contributed by atoms with Crippen molar-refractivity contribution in [2.24, 2.45) is 0 Å². The minimum Gasteiger partial charge on any atom is -0.398 e. The third-order valence-corrected chi connectivity index (χ3v) is 1.56. The minimum atomic E-state index is 0.613. The van der Waals surface area contributed by atoms with Crippen molar-refractivity contribution in [3.63, 3.8) is 0 Å². The number of hydrogen-bond acceptors (Lipinski definition) is 3. The summed E-state index contributed by atoms with van der Waals surface area (Å²) in [7, 11) is 0. The third kappa shape index (κ3) is 1.46. The van der Waals surface area contributed by atoms with Crippen molar-refractivity contribution in [3.8, 4) is 0 Å². The Morgan fingerprint density at radius 2 is 2.33 bits per heavy atom. The van der Waals surface area contributed by atoms with Crippen molar-refractivity contribution < 1.29 is 0 Å². The molecule has 0 atom stereocenters. The van der Waals surface area contributed by atoms with Gasteiger partial charge < -0.3 is 10.7 Å². The molecule has 0 fully saturated rings. The second-order valence-corrected chi connectivity index (χ2v) is 2.56. The van der Waals surface area contributed by atoms with Crippen molar-refractivity contribution in [3.05, 3.63) is 16.9 Å². The number of nitrogens with one attached hydrogen (secondary N) is 1. The molecule has 0 aromatic carbocycles. The van der Waals surface area contributed by atoms with Crippen molar-refractivity contribution in [1.82, 2.24) is 4.98 Å². The summed E-state index contributed by atoms with van der Waals surface area (Å²) in [5, 5.41) is 0. The summed E-state index contributed by atoms with van der Waals surface area (Å²) in [6.07, 6.45) is 1.67. The quantitative estimate of drug-likeness (QED) is 0.396. The Morgan fingerprint density at radius 1 is 1.67 bits per heavy atom. The summed E-state index contributed by atoms with van der Waals surface area (Å²) in [5.41, 5.74) is 6.07. The molecule has 3 N–H and O–H groups in total. The van der Waals surface area contributed by atoms with Crippen molar-refractivity contribution in [1.29, 1.82) is 0 Å². The van der Waals surface area contributed by atoms with E-state index in [-0.39, 0.29) is 0 Å². The molecule has 1 aromatic rings. The van der Waals surface area contributed by atoms with Crippen LogP contribution in [0, 0.1) is 4.64 Å². The minimum absolute atomic E-state index is 0.613. The van der Waals surface area contributed by atoms with Crippen LogP contribution in [0.15, 0.2) is 17.2 Å². The van der Waals surface area contributed by atoms with Crippen LogP contribution in [0.4, 0.5) is 5.69 Å². The first-order valence-corrected chi connectivity index (χ1v) is 3.23. The fraction of sp³-hybridized carbons (Fsp3) is 0. The largest absolute Gasteiger partial charge is 0.398 e. The highest BCUT2D eigenvalue weighted by atomic mass is 32.1. The smallest absolute Gasteiger partial charge is 0.105 e. The number of pyridine rings is 1. The number of aromatic nitrogens is 1. The van der Waals surface area contributed by atoms with Gasteiger partial charge in [0.2, 0.25) is 0 Å². The van der Waals surface area contributed by atoms with Crippen LogP contribution < -0.4 is 5.73 Å². The average molecular weight is 158 g/mol. The highest BCUT2D eigenvalue weighted by Gasteiger charge is 1.89. The molecular formula is C5H6N2S2. The van der Waals surface area contributed by atoms with Gasteiger partial charge in [-0.2, -0.15) is 0 Å². The number of anilines is 1. The number of aromatic amines is 1. The maximum Gasteiger partial charge on any atom is 0.105 e. The Balaban J connectivity index is 3.34. The van der Waals surface area contributed by atoms with Gasteiger partial charge in [0.25, 0.3) is 0 Å². The Morgan fingerprint density at radius 3 is 2.78 bits per heavy atom. The zero-order valence-corrected chi connectivity index (χ0v) is 6.30. The lowest BCUT2D eigenvalue weighted by atomic mass is 10.4. The van der Waals surface area contributed by atoms with Crippen LogP contribution in [0.5, 0.6) is 0 Å². The first-order chi connectivity index (χ1) is 4.20. The molecular weight excluding hydrogens is 152 g/mol. The molecule has 1 rings (SSSR count). The molecule has 4 heteroatoms. The molecule has 0 spiro atoms. The van der Waals surface area contributed by atoms with E-state index in [2.05, 4.69) is 17.6 Å². The van der Waals surface area contributed by atoms with Crippen LogP contribution in [-0.4, -0.2) is 4.98 Å².